The smallest absolute Gasteiger partial charge is 0.341 e. The molecule has 4 rings (SSSR count). The topological polar surface area (TPSA) is 63.6 Å². The zero-order chi connectivity index (χ0) is 19.7. The van der Waals surface area contributed by atoms with Gasteiger partial charge in [-0.2, -0.15) is 0 Å². The Morgan fingerprint density at radius 3 is 2.82 bits per heavy atom. The third-order valence-electron chi connectivity index (χ3n) is 5.60. The molecule has 150 valence electrons. The second-order valence-electron chi connectivity index (χ2n) is 7.61. The van der Waals surface area contributed by atoms with E-state index in [2.05, 4.69) is 20.9 Å². The van der Waals surface area contributed by atoms with Gasteiger partial charge in [0.15, 0.2) is 0 Å². The number of nitrogens with zero attached hydrogens (tertiary/aromatic N) is 2. The molecule has 0 radical (unpaired) electrons. The van der Waals surface area contributed by atoms with Gasteiger partial charge >= 0.3 is 5.97 Å². The number of rotatable bonds is 7. The third kappa shape index (κ3) is 3.86. The van der Waals surface area contributed by atoms with Crippen molar-refractivity contribution >= 4 is 28.2 Å². The summed E-state index contributed by atoms with van der Waals surface area (Å²) in [7, 11) is 2.04. The van der Waals surface area contributed by atoms with Gasteiger partial charge in [0.2, 0.25) is 5.91 Å². The Hall–Kier alpha value is -2.12. The van der Waals surface area contributed by atoms with Crippen LogP contribution in [0.1, 0.15) is 66.2 Å². The van der Waals surface area contributed by atoms with Crippen molar-refractivity contribution in [1.29, 1.82) is 0 Å². The standard InChI is InChI=1S/C21H27N3O3S/c1-3-27-21(26)19-15(14-8-9-14)13-28-20(19)22-18(25)12-24-11-5-7-17(24)16-6-4-10-23(16)2/h4,6,10,13-14,17H,3,5,7-9,11-12H2,1-2H3,(H,22,25)/t17-/m0/s1. The summed E-state index contributed by atoms with van der Waals surface area (Å²) in [5.74, 6) is 0.0290. The van der Waals surface area contributed by atoms with Crippen molar-refractivity contribution in [3.63, 3.8) is 0 Å². The first kappa shape index (κ1) is 19.2. The monoisotopic (exact) mass is 401 g/mol. The van der Waals surface area contributed by atoms with Crippen molar-refractivity contribution in [1.82, 2.24) is 9.47 Å². The molecule has 2 fully saturated rings. The summed E-state index contributed by atoms with van der Waals surface area (Å²) in [6.07, 6.45) is 6.39. The number of anilines is 1. The minimum absolute atomic E-state index is 0.0733. The molecule has 1 amide bonds. The summed E-state index contributed by atoms with van der Waals surface area (Å²) in [6.45, 7) is 3.37. The molecule has 2 aliphatic rings. The minimum Gasteiger partial charge on any atom is -0.462 e. The predicted octanol–water partition coefficient (Wildman–Crippen LogP) is 3.92. The average molecular weight is 402 g/mol. The van der Waals surface area contributed by atoms with Crippen LogP contribution in [0.4, 0.5) is 5.00 Å². The summed E-state index contributed by atoms with van der Waals surface area (Å²) < 4.78 is 7.37. The van der Waals surface area contributed by atoms with Crippen LogP contribution >= 0.6 is 11.3 Å². The molecule has 0 bridgehead atoms. The van der Waals surface area contributed by atoms with Crippen LogP contribution in [0.3, 0.4) is 0 Å². The van der Waals surface area contributed by atoms with Crippen LogP contribution in [0.5, 0.6) is 0 Å². The van der Waals surface area contributed by atoms with Crippen molar-refractivity contribution in [2.75, 3.05) is 25.0 Å². The van der Waals surface area contributed by atoms with Gasteiger partial charge in [0.1, 0.15) is 5.00 Å². The number of likely N-dealkylation sites (tertiary alicyclic amines) is 1. The largest absolute Gasteiger partial charge is 0.462 e. The number of ether oxygens (including phenoxy) is 1. The fourth-order valence-electron chi connectivity index (χ4n) is 4.09. The molecule has 1 saturated carbocycles. The van der Waals surface area contributed by atoms with Crippen LogP contribution in [0, 0.1) is 0 Å². The van der Waals surface area contributed by atoms with E-state index < -0.39 is 0 Å². The number of nitrogens with one attached hydrogen (secondary N) is 1. The normalized spacial score (nSPS) is 19.7. The Morgan fingerprint density at radius 2 is 2.14 bits per heavy atom. The maximum absolute atomic E-state index is 12.8. The summed E-state index contributed by atoms with van der Waals surface area (Å²) in [5.41, 5.74) is 2.83. The van der Waals surface area contributed by atoms with E-state index >= 15 is 0 Å². The molecule has 1 saturated heterocycles. The molecule has 1 aliphatic heterocycles. The number of aryl methyl sites for hydroxylation is 1. The molecule has 0 spiro atoms. The minimum atomic E-state index is -0.330. The summed E-state index contributed by atoms with van der Waals surface area (Å²) >= 11 is 1.43. The van der Waals surface area contributed by atoms with E-state index in [0.717, 1.165) is 37.8 Å². The Labute approximate surface area is 169 Å². The first-order valence-electron chi connectivity index (χ1n) is 10.0. The second-order valence-corrected chi connectivity index (χ2v) is 8.49. The number of hydrogen-bond donors (Lipinski definition) is 1. The molecule has 28 heavy (non-hydrogen) atoms. The highest BCUT2D eigenvalue weighted by Crippen LogP contribution is 2.46. The number of aromatic nitrogens is 1. The molecule has 0 unspecified atom stereocenters. The van der Waals surface area contributed by atoms with Crippen LogP contribution in [0.15, 0.2) is 23.7 Å². The van der Waals surface area contributed by atoms with Gasteiger partial charge < -0.3 is 14.6 Å². The molecule has 1 atom stereocenters. The van der Waals surface area contributed by atoms with Gasteiger partial charge in [-0.15, -0.1) is 11.3 Å². The van der Waals surface area contributed by atoms with Gasteiger partial charge in [-0.1, -0.05) is 0 Å². The fourth-order valence-corrected chi connectivity index (χ4v) is 5.14. The van der Waals surface area contributed by atoms with Crippen molar-refractivity contribution in [2.45, 2.75) is 44.6 Å². The molecule has 1 N–H and O–H groups in total. The lowest BCUT2D eigenvalue weighted by Gasteiger charge is -2.24. The third-order valence-corrected chi connectivity index (χ3v) is 6.52. The second kappa shape index (κ2) is 8.09. The van der Waals surface area contributed by atoms with E-state index in [1.54, 1.807) is 6.92 Å². The van der Waals surface area contributed by atoms with Crippen molar-refractivity contribution in [3.05, 3.63) is 40.5 Å². The lowest BCUT2D eigenvalue weighted by atomic mass is 10.1. The van der Waals surface area contributed by atoms with Gasteiger partial charge in [-0.3, -0.25) is 9.69 Å². The lowest BCUT2D eigenvalue weighted by Crippen LogP contribution is -2.33. The Morgan fingerprint density at radius 1 is 1.32 bits per heavy atom. The van der Waals surface area contributed by atoms with Gasteiger partial charge in [0.25, 0.3) is 0 Å². The number of carbonyl (C=O) groups excluding carboxylic acids is 2. The van der Waals surface area contributed by atoms with Gasteiger partial charge in [-0.25, -0.2) is 4.79 Å². The molecule has 2 aromatic rings. The molecule has 2 aromatic heterocycles. The maximum atomic E-state index is 12.8. The van der Waals surface area contributed by atoms with Crippen LogP contribution < -0.4 is 5.32 Å². The molecule has 6 nitrogen and oxygen atoms in total. The van der Waals surface area contributed by atoms with Crippen LogP contribution in [-0.2, 0) is 16.6 Å². The van der Waals surface area contributed by atoms with Gasteiger partial charge in [0, 0.05) is 18.9 Å². The van der Waals surface area contributed by atoms with E-state index in [1.165, 1.54) is 17.0 Å². The number of carbonyl (C=O) groups is 2. The number of amides is 1. The molecule has 3 heterocycles. The van der Waals surface area contributed by atoms with Gasteiger partial charge in [0.05, 0.1) is 24.8 Å². The fraction of sp³-hybridized carbons (Fsp3) is 0.524. The lowest BCUT2D eigenvalue weighted by molar-refractivity contribution is -0.117. The van der Waals surface area contributed by atoms with Crippen molar-refractivity contribution in [2.24, 2.45) is 7.05 Å². The summed E-state index contributed by atoms with van der Waals surface area (Å²) in [5, 5.41) is 5.62. The predicted molar refractivity (Wildman–Crippen MR) is 110 cm³/mol. The number of hydrogen-bond acceptors (Lipinski definition) is 5. The highest BCUT2D eigenvalue weighted by atomic mass is 32.1. The Kier molecular flexibility index (Phi) is 5.55. The van der Waals surface area contributed by atoms with E-state index in [-0.39, 0.29) is 17.9 Å². The summed E-state index contributed by atoms with van der Waals surface area (Å²) in [6, 6.07) is 4.43. The zero-order valence-electron chi connectivity index (χ0n) is 16.4. The quantitative estimate of drug-likeness (QED) is 0.715. The van der Waals surface area contributed by atoms with E-state index in [9.17, 15) is 9.59 Å². The maximum Gasteiger partial charge on any atom is 0.341 e. The molecule has 1 aliphatic carbocycles. The highest BCUT2D eigenvalue weighted by molar-refractivity contribution is 7.15. The zero-order valence-corrected chi connectivity index (χ0v) is 17.3. The molecule has 7 heteroatoms. The van der Waals surface area contributed by atoms with Crippen LogP contribution in [-0.4, -0.2) is 41.0 Å². The molecular weight excluding hydrogens is 374 g/mol. The van der Waals surface area contributed by atoms with Crippen molar-refractivity contribution in [3.8, 4) is 0 Å². The van der Waals surface area contributed by atoms with E-state index in [1.807, 2.05) is 24.7 Å². The molecule has 0 aromatic carbocycles. The average Bonchev–Trinajstić information content (AvgIpc) is 3.04. The van der Waals surface area contributed by atoms with E-state index in [0.29, 0.717) is 29.6 Å². The summed E-state index contributed by atoms with van der Waals surface area (Å²) in [4.78, 5) is 27.5. The van der Waals surface area contributed by atoms with Crippen LogP contribution in [0.25, 0.3) is 0 Å². The highest BCUT2D eigenvalue weighted by Gasteiger charge is 2.33. The SMILES string of the molecule is CCOC(=O)c1c(C2CC2)csc1NC(=O)CN1CCC[C@H]1c1cccn1C. The van der Waals surface area contributed by atoms with E-state index in [4.69, 9.17) is 4.74 Å². The Bertz CT molecular complexity index is 868. The van der Waals surface area contributed by atoms with Crippen LogP contribution in [0.2, 0.25) is 0 Å². The van der Waals surface area contributed by atoms with Gasteiger partial charge in [-0.05, 0) is 68.1 Å². The first-order valence-corrected chi connectivity index (χ1v) is 10.9. The number of esters is 1. The molecular formula is C21H27N3O3S. The number of thiophene rings is 1. The van der Waals surface area contributed by atoms with Crippen molar-refractivity contribution < 1.29 is 14.3 Å². The Balaban J connectivity index is 1.47. The first-order chi connectivity index (χ1) is 13.6.